The molecule has 0 bridgehead atoms. The summed E-state index contributed by atoms with van der Waals surface area (Å²) in [5, 5.41) is 31.2. The molecule has 0 amide bonds. The summed E-state index contributed by atoms with van der Waals surface area (Å²) >= 11 is 0. The molecule has 17 heteroatoms. The molecule has 4 N–H and O–H groups in total. The van der Waals surface area contributed by atoms with Gasteiger partial charge < -0.3 is 48.8 Å². The number of hydrogen-bond acceptors (Lipinski definition) is 13. The van der Waals surface area contributed by atoms with Crippen molar-refractivity contribution < 1.29 is 68.0 Å². The Morgan fingerprint density at radius 3 is 1.33 bits per heavy atom. The van der Waals surface area contributed by atoms with Gasteiger partial charge in [-0.2, -0.15) is 0 Å². The predicted octanol–water partition coefficient (Wildman–Crippen LogP) is 5.60. The monoisotopic (exact) mass is 845 g/mol. The van der Waals surface area contributed by atoms with Crippen molar-refractivity contribution in [3.63, 3.8) is 0 Å². The van der Waals surface area contributed by atoms with Crippen molar-refractivity contribution in [2.24, 2.45) is 0 Å². The lowest BCUT2D eigenvalue weighted by molar-refractivity contribution is -0.134. The van der Waals surface area contributed by atoms with Gasteiger partial charge >= 0.3 is 23.9 Å². The number of carboxylic acid groups (broad SMARTS) is 4. The van der Waals surface area contributed by atoms with E-state index in [-0.39, 0.29) is 0 Å². The van der Waals surface area contributed by atoms with Crippen molar-refractivity contribution in [2.45, 2.75) is 19.5 Å². The molecule has 5 rings (SSSR count). The average molecular weight is 846 g/mol. The molecule has 1 aromatic heterocycles. The van der Waals surface area contributed by atoms with Gasteiger partial charge in [-0.1, -0.05) is 18.2 Å². The average Bonchev–Trinajstić information content (AvgIpc) is 3.48. The standard InChI is InChI=1S/C36H43N3O6.2C4H4O4/c1-40-31-19-28(20-32(41-2)35(31)44-5)27-10-7-9-25(17-27)23-38-13-8-14-39(16-15-38)24-26-11-12-37-30(18-26)29-21-33(42-3)36(45-6)34(22-29)43-4;2*5-3(6)1-2-4(7)8/h7,9-12,17-22H,8,13-16,23-24H2,1-6H3;2*1-2H,(H,5,6)(H,7,8). The number of aliphatic carboxylic acids is 4. The van der Waals surface area contributed by atoms with Crippen LogP contribution < -0.4 is 28.4 Å². The van der Waals surface area contributed by atoms with Crippen LogP contribution in [0.2, 0.25) is 0 Å². The van der Waals surface area contributed by atoms with Crippen molar-refractivity contribution in [1.82, 2.24) is 14.8 Å². The van der Waals surface area contributed by atoms with Crippen LogP contribution in [0, 0.1) is 0 Å². The number of pyridine rings is 1. The number of carbonyl (C=O) groups is 4. The van der Waals surface area contributed by atoms with Crippen molar-refractivity contribution in [2.75, 3.05) is 68.8 Å². The zero-order valence-corrected chi connectivity index (χ0v) is 34.8. The highest BCUT2D eigenvalue weighted by atomic mass is 16.5. The molecule has 0 aliphatic carbocycles. The molecular weight excluding hydrogens is 794 g/mol. The van der Waals surface area contributed by atoms with Gasteiger partial charge in [-0.05, 0) is 84.2 Å². The van der Waals surface area contributed by atoms with Crippen LogP contribution in [0.1, 0.15) is 17.5 Å². The fraction of sp³-hybridized carbons (Fsp3) is 0.295. The molecule has 1 aliphatic rings. The van der Waals surface area contributed by atoms with Crippen LogP contribution in [0.4, 0.5) is 0 Å². The number of carboxylic acids is 4. The number of rotatable bonds is 16. The Balaban J connectivity index is 0.000000524. The predicted molar refractivity (Wildman–Crippen MR) is 225 cm³/mol. The first-order valence-electron chi connectivity index (χ1n) is 18.6. The van der Waals surface area contributed by atoms with Gasteiger partial charge in [-0.3, -0.25) is 14.8 Å². The summed E-state index contributed by atoms with van der Waals surface area (Å²) in [6.07, 6.45) is 5.21. The summed E-state index contributed by atoms with van der Waals surface area (Å²) in [4.78, 5) is 47.9. The molecule has 0 unspecified atom stereocenters. The lowest BCUT2D eigenvalue weighted by Crippen LogP contribution is -2.30. The van der Waals surface area contributed by atoms with E-state index in [2.05, 4.69) is 51.2 Å². The second-order valence-electron chi connectivity index (χ2n) is 13.0. The molecule has 4 aromatic rings. The van der Waals surface area contributed by atoms with E-state index < -0.39 is 23.9 Å². The molecule has 61 heavy (non-hydrogen) atoms. The van der Waals surface area contributed by atoms with E-state index in [4.69, 9.17) is 48.8 Å². The minimum absolute atomic E-state index is 0.558. The third-order valence-electron chi connectivity index (χ3n) is 8.94. The molecule has 0 atom stereocenters. The van der Waals surface area contributed by atoms with E-state index in [9.17, 15) is 19.2 Å². The van der Waals surface area contributed by atoms with Crippen LogP contribution in [0.25, 0.3) is 22.4 Å². The number of nitrogens with zero attached hydrogens (tertiary/aromatic N) is 3. The van der Waals surface area contributed by atoms with Crippen LogP contribution in [0.15, 0.2) is 91.2 Å². The maximum atomic E-state index is 9.55. The first-order chi connectivity index (χ1) is 29.2. The Kier molecular flexibility index (Phi) is 19.6. The highest BCUT2D eigenvalue weighted by molar-refractivity contribution is 5.90. The molecule has 326 valence electrons. The lowest BCUT2D eigenvalue weighted by atomic mass is 10.0. The van der Waals surface area contributed by atoms with Gasteiger partial charge in [0.1, 0.15) is 0 Å². The number of ether oxygens (including phenoxy) is 6. The summed E-state index contributed by atoms with van der Waals surface area (Å²) in [7, 11) is 9.76. The van der Waals surface area contributed by atoms with Gasteiger partial charge in [-0.15, -0.1) is 0 Å². The fourth-order valence-electron chi connectivity index (χ4n) is 6.20. The van der Waals surface area contributed by atoms with Crippen molar-refractivity contribution in [3.05, 3.63) is 102 Å². The highest BCUT2D eigenvalue weighted by Crippen LogP contribution is 2.42. The Hall–Kier alpha value is -7.11. The molecule has 17 nitrogen and oxygen atoms in total. The minimum Gasteiger partial charge on any atom is -0.493 e. The van der Waals surface area contributed by atoms with Gasteiger partial charge in [0.15, 0.2) is 23.0 Å². The Labute approximate surface area is 353 Å². The minimum atomic E-state index is -1.26. The van der Waals surface area contributed by atoms with Crippen LogP contribution in [-0.2, 0) is 32.3 Å². The fourth-order valence-corrected chi connectivity index (χ4v) is 6.20. The lowest BCUT2D eigenvalue weighted by Gasteiger charge is -2.22. The summed E-state index contributed by atoms with van der Waals surface area (Å²) in [5.74, 6) is -1.34. The molecular formula is C44H51N3O14. The number of hydrogen-bond donors (Lipinski definition) is 4. The zero-order valence-electron chi connectivity index (χ0n) is 34.8. The van der Waals surface area contributed by atoms with Gasteiger partial charge in [0.25, 0.3) is 0 Å². The van der Waals surface area contributed by atoms with Crippen LogP contribution >= 0.6 is 0 Å². The van der Waals surface area contributed by atoms with Crippen LogP contribution in [0.3, 0.4) is 0 Å². The first-order valence-corrected chi connectivity index (χ1v) is 18.6. The van der Waals surface area contributed by atoms with Gasteiger partial charge in [0, 0.05) is 62.2 Å². The molecule has 1 fully saturated rings. The largest absolute Gasteiger partial charge is 0.493 e. The van der Waals surface area contributed by atoms with E-state index >= 15 is 0 Å². The van der Waals surface area contributed by atoms with Crippen molar-refractivity contribution in [1.29, 1.82) is 0 Å². The Bertz CT molecular complexity index is 1940. The van der Waals surface area contributed by atoms with E-state index in [0.717, 1.165) is 68.1 Å². The second-order valence-corrected chi connectivity index (χ2v) is 13.0. The van der Waals surface area contributed by atoms with E-state index in [0.29, 0.717) is 58.8 Å². The summed E-state index contributed by atoms with van der Waals surface area (Å²) in [5.41, 5.74) is 6.43. The first kappa shape index (κ1) is 48.3. The SMILES string of the molecule is COc1cc(-c2cccc(CN3CCCN(Cc4ccnc(-c5cc(OC)c(OC)c(OC)c5)c4)CC3)c2)cc(OC)c1OC.O=C(O)C=CC(=O)O.O=C(O)C=CC(=O)O. The van der Waals surface area contributed by atoms with Crippen LogP contribution in [0.5, 0.6) is 34.5 Å². The molecule has 0 saturated carbocycles. The Morgan fingerprint density at radius 1 is 0.525 bits per heavy atom. The van der Waals surface area contributed by atoms with Crippen molar-refractivity contribution in [3.8, 4) is 56.9 Å². The van der Waals surface area contributed by atoms with Crippen LogP contribution in [-0.4, -0.2) is 128 Å². The number of methoxy groups -OCH3 is 6. The zero-order chi connectivity index (χ0) is 44.9. The van der Waals surface area contributed by atoms with E-state index in [1.165, 1.54) is 11.1 Å². The summed E-state index contributed by atoms with van der Waals surface area (Å²) < 4.78 is 33.3. The van der Waals surface area contributed by atoms with Crippen molar-refractivity contribution >= 4 is 23.9 Å². The number of benzene rings is 3. The van der Waals surface area contributed by atoms with Gasteiger partial charge in [-0.25, -0.2) is 19.2 Å². The second kappa shape index (κ2) is 24.7. The van der Waals surface area contributed by atoms with E-state index in [1.54, 1.807) is 42.7 Å². The van der Waals surface area contributed by atoms with E-state index in [1.807, 2.05) is 30.5 Å². The molecule has 1 aliphatic heterocycles. The highest BCUT2D eigenvalue weighted by Gasteiger charge is 2.19. The molecule has 0 radical (unpaired) electrons. The normalized spacial score (nSPS) is 12.8. The number of aromatic nitrogens is 1. The Morgan fingerprint density at radius 2 is 0.934 bits per heavy atom. The molecule has 1 saturated heterocycles. The summed E-state index contributed by atoms with van der Waals surface area (Å²) in [6, 6.07) is 20.8. The van der Waals surface area contributed by atoms with Gasteiger partial charge in [0.2, 0.25) is 11.5 Å². The third kappa shape index (κ3) is 15.5. The molecule has 3 aromatic carbocycles. The maximum Gasteiger partial charge on any atom is 0.328 e. The van der Waals surface area contributed by atoms with Gasteiger partial charge in [0.05, 0.1) is 48.4 Å². The molecule has 2 heterocycles. The topological polar surface area (TPSA) is 224 Å². The smallest absolute Gasteiger partial charge is 0.328 e. The third-order valence-corrected chi connectivity index (χ3v) is 8.94. The summed E-state index contributed by atoms with van der Waals surface area (Å²) in [6.45, 7) is 5.85. The quantitative estimate of drug-likeness (QED) is 0.101. The maximum absolute atomic E-state index is 9.55. The molecule has 0 spiro atoms.